The normalized spacial score (nSPS) is 21.4. The van der Waals surface area contributed by atoms with Crippen molar-refractivity contribution < 1.29 is 9.53 Å². The number of hydrogen-bond acceptors (Lipinski definition) is 4. The number of carbonyl (C=O) groups excluding carboxylic acids is 1. The average Bonchev–Trinajstić information content (AvgIpc) is 3.25. The highest BCUT2D eigenvalue weighted by molar-refractivity contribution is 14.0. The Balaban J connectivity index is 0.00000480. The molecule has 0 aromatic heterocycles. The monoisotopic (exact) mass is 551 g/mol. The van der Waals surface area contributed by atoms with Crippen LogP contribution in [0, 0.1) is 11.8 Å². The van der Waals surface area contributed by atoms with Crippen LogP contribution in [-0.4, -0.2) is 87.7 Å². The van der Waals surface area contributed by atoms with Gasteiger partial charge in [0.15, 0.2) is 5.96 Å². The van der Waals surface area contributed by atoms with Gasteiger partial charge in [-0.1, -0.05) is 33.1 Å². The van der Waals surface area contributed by atoms with Crippen LogP contribution in [0.25, 0.3) is 0 Å². The summed E-state index contributed by atoms with van der Waals surface area (Å²) >= 11 is 0. The van der Waals surface area contributed by atoms with E-state index >= 15 is 0 Å². The Labute approximate surface area is 207 Å². The number of halogens is 1. The molecule has 2 rings (SSSR count). The number of hydrogen-bond donors (Lipinski definition) is 2. The number of amides is 1. The maximum Gasteiger partial charge on any atom is 0.243 e. The Bertz CT molecular complexity index is 518. The van der Waals surface area contributed by atoms with E-state index in [1.807, 2.05) is 0 Å². The summed E-state index contributed by atoms with van der Waals surface area (Å²) in [6, 6.07) is 0.414. The van der Waals surface area contributed by atoms with Crippen molar-refractivity contribution >= 4 is 35.8 Å². The Kier molecular flexibility index (Phi) is 14.7. The smallest absolute Gasteiger partial charge is 0.243 e. The molecule has 0 aromatic carbocycles. The van der Waals surface area contributed by atoms with Gasteiger partial charge < -0.3 is 25.2 Å². The van der Waals surface area contributed by atoms with Gasteiger partial charge in [-0.15, -0.1) is 24.0 Å². The van der Waals surface area contributed by atoms with Crippen molar-refractivity contribution in [2.75, 3.05) is 60.0 Å². The Morgan fingerprint density at radius 2 is 1.97 bits per heavy atom. The maximum absolute atomic E-state index is 12.0. The van der Waals surface area contributed by atoms with Crippen molar-refractivity contribution in [2.45, 2.75) is 64.8 Å². The molecule has 0 saturated carbocycles. The lowest BCUT2D eigenvalue weighted by Crippen LogP contribution is -2.50. The summed E-state index contributed by atoms with van der Waals surface area (Å²) in [6.07, 6.45) is 8.34. The van der Waals surface area contributed by atoms with Gasteiger partial charge in [-0.05, 0) is 37.5 Å². The number of piperidine rings is 1. The summed E-state index contributed by atoms with van der Waals surface area (Å²) in [5.41, 5.74) is 0. The van der Waals surface area contributed by atoms with Crippen LogP contribution in [0.4, 0.5) is 0 Å². The number of likely N-dealkylation sites (tertiary alicyclic amines) is 1. The zero-order valence-electron chi connectivity index (χ0n) is 20.2. The molecule has 2 unspecified atom stereocenters. The second-order valence-electron chi connectivity index (χ2n) is 9.20. The van der Waals surface area contributed by atoms with Gasteiger partial charge in [0.1, 0.15) is 6.54 Å². The lowest BCUT2D eigenvalue weighted by atomic mass is 9.99. The largest absolute Gasteiger partial charge is 0.381 e. The van der Waals surface area contributed by atoms with Gasteiger partial charge in [-0.25, -0.2) is 4.99 Å². The van der Waals surface area contributed by atoms with E-state index in [-0.39, 0.29) is 36.4 Å². The first kappa shape index (κ1) is 28.4. The van der Waals surface area contributed by atoms with Gasteiger partial charge in [0, 0.05) is 52.9 Å². The van der Waals surface area contributed by atoms with E-state index in [9.17, 15) is 4.79 Å². The van der Waals surface area contributed by atoms with Crippen molar-refractivity contribution in [3.8, 4) is 0 Å². The quantitative estimate of drug-likeness (QED) is 0.235. The summed E-state index contributed by atoms with van der Waals surface area (Å²) in [7, 11) is 3.56. The molecular weight excluding hydrogens is 505 g/mol. The molecule has 2 aliphatic rings. The fourth-order valence-electron chi connectivity index (χ4n) is 4.17. The number of guanidine groups is 1. The van der Waals surface area contributed by atoms with Crippen LogP contribution in [0.5, 0.6) is 0 Å². The first-order valence-electron chi connectivity index (χ1n) is 12.1. The van der Waals surface area contributed by atoms with Crippen molar-refractivity contribution in [2.24, 2.45) is 16.8 Å². The number of nitrogens with zero attached hydrogens (tertiary/aromatic N) is 3. The number of carbonyl (C=O) groups is 1. The molecule has 2 fully saturated rings. The highest BCUT2D eigenvalue weighted by Gasteiger charge is 2.24. The van der Waals surface area contributed by atoms with Crippen LogP contribution in [0.15, 0.2) is 4.99 Å². The minimum absolute atomic E-state index is 0. The summed E-state index contributed by atoms with van der Waals surface area (Å²) in [5.74, 6) is 2.18. The van der Waals surface area contributed by atoms with E-state index in [1.54, 1.807) is 19.0 Å². The number of unbranched alkanes of at least 4 members (excludes halogenated alkanes) is 1. The van der Waals surface area contributed by atoms with Crippen molar-refractivity contribution in [3.63, 3.8) is 0 Å². The van der Waals surface area contributed by atoms with E-state index in [0.29, 0.717) is 17.9 Å². The zero-order valence-corrected chi connectivity index (χ0v) is 22.5. The van der Waals surface area contributed by atoms with Gasteiger partial charge in [0.2, 0.25) is 5.91 Å². The highest BCUT2D eigenvalue weighted by atomic mass is 127. The molecule has 0 aliphatic carbocycles. The van der Waals surface area contributed by atoms with Crippen LogP contribution in [-0.2, 0) is 9.53 Å². The molecule has 0 spiro atoms. The molecule has 2 N–H and O–H groups in total. The van der Waals surface area contributed by atoms with Gasteiger partial charge in [0.05, 0.1) is 6.61 Å². The molecule has 0 aromatic rings. The second-order valence-corrected chi connectivity index (χ2v) is 9.20. The molecule has 0 radical (unpaired) electrons. The third kappa shape index (κ3) is 11.2. The van der Waals surface area contributed by atoms with Crippen LogP contribution in [0.3, 0.4) is 0 Å². The second kappa shape index (κ2) is 16.1. The van der Waals surface area contributed by atoms with Gasteiger partial charge in [-0.2, -0.15) is 0 Å². The molecule has 2 atom stereocenters. The first-order chi connectivity index (χ1) is 14.5. The minimum Gasteiger partial charge on any atom is -0.381 e. The molecule has 2 saturated heterocycles. The number of ether oxygens (including phenoxy) is 1. The lowest BCUT2D eigenvalue weighted by Gasteiger charge is -2.34. The number of nitrogens with one attached hydrogen (secondary N) is 2. The predicted octanol–water partition coefficient (Wildman–Crippen LogP) is 2.95. The molecule has 0 bridgehead atoms. The Morgan fingerprint density at radius 3 is 2.55 bits per heavy atom. The third-order valence-electron chi connectivity index (χ3n) is 6.44. The third-order valence-corrected chi connectivity index (χ3v) is 6.44. The van der Waals surface area contributed by atoms with E-state index in [0.717, 1.165) is 51.6 Å². The van der Waals surface area contributed by atoms with Crippen molar-refractivity contribution in [1.29, 1.82) is 0 Å². The molecule has 2 aliphatic heterocycles. The van der Waals surface area contributed by atoms with E-state index < -0.39 is 0 Å². The maximum atomic E-state index is 12.0. The zero-order chi connectivity index (χ0) is 21.8. The van der Waals surface area contributed by atoms with E-state index in [2.05, 4.69) is 34.4 Å². The summed E-state index contributed by atoms with van der Waals surface area (Å²) in [6.45, 7) is 10.9. The average molecular weight is 552 g/mol. The number of rotatable bonds is 11. The minimum atomic E-state index is 0. The standard InChI is InChI=1S/C23H45N5O2.HI/c1-5-7-8-19(6-2)15-24-23(25-16-22(29)27(3)4)26-21-9-12-28(13-10-21)17-20-11-14-30-18-20;/h19-21H,5-18H2,1-4H3,(H2,24,25,26);1H. The van der Waals surface area contributed by atoms with Crippen molar-refractivity contribution in [3.05, 3.63) is 0 Å². The SMILES string of the molecule is CCCCC(CC)CNC(=NCC(=O)N(C)C)NC1CCN(CC2CCOC2)CC1.I. The fraction of sp³-hybridized carbons (Fsp3) is 0.913. The number of aliphatic imine (C=N–C) groups is 1. The molecule has 7 nitrogen and oxygen atoms in total. The summed E-state index contributed by atoms with van der Waals surface area (Å²) in [4.78, 5) is 20.8. The van der Waals surface area contributed by atoms with Crippen LogP contribution >= 0.6 is 24.0 Å². The molecule has 8 heteroatoms. The van der Waals surface area contributed by atoms with Crippen LogP contribution in [0.1, 0.15) is 58.8 Å². The summed E-state index contributed by atoms with van der Waals surface area (Å²) in [5, 5.41) is 7.15. The molecule has 182 valence electrons. The van der Waals surface area contributed by atoms with Crippen LogP contribution < -0.4 is 10.6 Å². The van der Waals surface area contributed by atoms with Gasteiger partial charge in [-0.3, -0.25) is 4.79 Å². The first-order valence-corrected chi connectivity index (χ1v) is 12.1. The van der Waals surface area contributed by atoms with Crippen LogP contribution in [0.2, 0.25) is 0 Å². The molecular formula is C23H46IN5O2. The predicted molar refractivity (Wildman–Crippen MR) is 139 cm³/mol. The number of likely N-dealkylation sites (N-methyl/N-ethyl adjacent to an activating group) is 1. The molecule has 31 heavy (non-hydrogen) atoms. The highest BCUT2D eigenvalue weighted by Crippen LogP contribution is 2.18. The van der Waals surface area contributed by atoms with E-state index in [1.165, 1.54) is 38.6 Å². The van der Waals surface area contributed by atoms with Crippen molar-refractivity contribution in [1.82, 2.24) is 20.4 Å². The van der Waals surface area contributed by atoms with Gasteiger partial charge >= 0.3 is 0 Å². The topological polar surface area (TPSA) is 69.2 Å². The molecule has 1 amide bonds. The Hall–Kier alpha value is -0.610. The van der Waals surface area contributed by atoms with Gasteiger partial charge in [0.25, 0.3) is 0 Å². The lowest BCUT2D eigenvalue weighted by molar-refractivity contribution is -0.127. The van der Waals surface area contributed by atoms with E-state index in [4.69, 9.17) is 4.74 Å². The summed E-state index contributed by atoms with van der Waals surface area (Å²) < 4.78 is 5.52. The Morgan fingerprint density at radius 1 is 1.23 bits per heavy atom. The fourth-order valence-corrected chi connectivity index (χ4v) is 4.17. The molecule has 2 heterocycles.